The molecular formula is C29H24N2. The molecule has 0 radical (unpaired) electrons. The van der Waals surface area contributed by atoms with Crippen LogP contribution in [0.1, 0.15) is 11.1 Å². The molecule has 6 rings (SSSR count). The summed E-state index contributed by atoms with van der Waals surface area (Å²) in [6.45, 7) is 2.71. The van der Waals surface area contributed by atoms with Gasteiger partial charge in [-0.1, -0.05) is 97.1 Å². The van der Waals surface area contributed by atoms with Crippen LogP contribution in [0.4, 0.5) is 11.4 Å². The third-order valence-corrected chi connectivity index (χ3v) is 6.39. The van der Waals surface area contributed by atoms with Crippen LogP contribution in [0.3, 0.4) is 0 Å². The van der Waals surface area contributed by atoms with Gasteiger partial charge in [0.1, 0.15) is 0 Å². The van der Waals surface area contributed by atoms with Gasteiger partial charge in [-0.3, -0.25) is 0 Å². The minimum atomic E-state index is 0.895. The molecule has 0 spiro atoms. The van der Waals surface area contributed by atoms with Crippen molar-refractivity contribution in [2.75, 3.05) is 16.5 Å². The molecule has 0 N–H and O–H groups in total. The van der Waals surface area contributed by atoms with Crippen molar-refractivity contribution >= 4 is 32.9 Å². The quantitative estimate of drug-likeness (QED) is 0.321. The lowest BCUT2D eigenvalue weighted by molar-refractivity contribution is 0.767. The molecule has 2 heteroatoms. The number of nitrogens with zero attached hydrogens (tertiary/aromatic N) is 2. The van der Waals surface area contributed by atoms with E-state index < -0.39 is 0 Å². The monoisotopic (exact) mass is 400 g/mol. The molecule has 0 aliphatic carbocycles. The molecule has 0 fully saturated rings. The van der Waals surface area contributed by atoms with Gasteiger partial charge in [-0.25, -0.2) is 0 Å². The maximum Gasteiger partial charge on any atom is 0.0911 e. The average Bonchev–Trinajstić information content (AvgIpc) is 3.17. The predicted octanol–water partition coefficient (Wildman–Crippen LogP) is 6.98. The molecule has 150 valence electrons. The largest absolute Gasteiger partial charge is 0.348 e. The summed E-state index contributed by atoms with van der Waals surface area (Å²) in [6.07, 6.45) is 0. The lowest BCUT2D eigenvalue weighted by Gasteiger charge is -2.23. The second-order valence-electron chi connectivity index (χ2n) is 8.30. The number of para-hydroxylation sites is 2. The predicted molar refractivity (Wildman–Crippen MR) is 132 cm³/mol. The Bertz CT molecular complexity index is 1270. The number of rotatable bonds is 4. The molecule has 1 heterocycles. The lowest BCUT2D eigenvalue weighted by atomic mass is 10.0. The Morgan fingerprint density at radius 3 is 1.39 bits per heavy atom. The van der Waals surface area contributed by atoms with Gasteiger partial charge in [0.15, 0.2) is 0 Å². The first-order valence-corrected chi connectivity index (χ1v) is 10.9. The smallest absolute Gasteiger partial charge is 0.0911 e. The van der Waals surface area contributed by atoms with E-state index in [1.807, 2.05) is 0 Å². The van der Waals surface area contributed by atoms with E-state index in [1.165, 1.54) is 44.0 Å². The summed E-state index contributed by atoms with van der Waals surface area (Å²) in [5.41, 5.74) is 5.38. The minimum Gasteiger partial charge on any atom is -0.348 e. The van der Waals surface area contributed by atoms with E-state index >= 15 is 0 Å². The second-order valence-corrected chi connectivity index (χ2v) is 8.30. The Morgan fingerprint density at radius 1 is 0.452 bits per heavy atom. The zero-order chi connectivity index (χ0) is 20.6. The van der Waals surface area contributed by atoms with Crippen LogP contribution in [0.2, 0.25) is 0 Å². The van der Waals surface area contributed by atoms with E-state index in [1.54, 1.807) is 0 Å². The molecule has 0 bridgehead atoms. The SMILES string of the molecule is c1ccc2c(c1)N(Cc1cccc3ccccc13)CN2Cc1cccc2ccccc12. The van der Waals surface area contributed by atoms with Crippen LogP contribution in [0, 0.1) is 0 Å². The van der Waals surface area contributed by atoms with Crippen LogP contribution in [0.25, 0.3) is 21.5 Å². The van der Waals surface area contributed by atoms with Crippen molar-refractivity contribution in [3.8, 4) is 0 Å². The van der Waals surface area contributed by atoms with Crippen molar-refractivity contribution in [1.82, 2.24) is 0 Å². The van der Waals surface area contributed by atoms with Crippen LogP contribution in [-0.4, -0.2) is 6.67 Å². The molecule has 1 aliphatic heterocycles. The van der Waals surface area contributed by atoms with E-state index in [4.69, 9.17) is 0 Å². The summed E-state index contributed by atoms with van der Waals surface area (Å²) in [5.74, 6) is 0. The molecule has 0 saturated heterocycles. The zero-order valence-electron chi connectivity index (χ0n) is 17.4. The maximum atomic E-state index is 2.50. The van der Waals surface area contributed by atoms with E-state index in [2.05, 4.69) is 119 Å². The molecule has 1 aliphatic rings. The molecule has 0 aromatic heterocycles. The molecule has 5 aromatic rings. The van der Waals surface area contributed by atoms with E-state index in [-0.39, 0.29) is 0 Å². The summed E-state index contributed by atoms with van der Waals surface area (Å²) < 4.78 is 0. The first-order valence-electron chi connectivity index (χ1n) is 10.9. The first-order chi connectivity index (χ1) is 15.4. The summed E-state index contributed by atoms with van der Waals surface area (Å²) in [5, 5.41) is 5.30. The van der Waals surface area contributed by atoms with Crippen molar-refractivity contribution in [3.05, 3.63) is 120 Å². The van der Waals surface area contributed by atoms with Crippen molar-refractivity contribution in [3.63, 3.8) is 0 Å². The van der Waals surface area contributed by atoms with Gasteiger partial charge in [0.25, 0.3) is 0 Å². The fourth-order valence-electron chi connectivity index (χ4n) is 4.90. The van der Waals surface area contributed by atoms with Crippen molar-refractivity contribution < 1.29 is 0 Å². The average molecular weight is 401 g/mol. The Kier molecular flexibility index (Phi) is 4.35. The van der Waals surface area contributed by atoms with Crippen LogP contribution in [0.15, 0.2) is 109 Å². The highest BCUT2D eigenvalue weighted by molar-refractivity contribution is 5.88. The molecule has 0 saturated carbocycles. The van der Waals surface area contributed by atoms with Crippen LogP contribution < -0.4 is 9.80 Å². The minimum absolute atomic E-state index is 0.895. The highest BCUT2D eigenvalue weighted by Gasteiger charge is 2.26. The second kappa shape index (κ2) is 7.48. The lowest BCUT2D eigenvalue weighted by Crippen LogP contribution is -2.30. The fraction of sp³-hybridized carbons (Fsp3) is 0.103. The van der Waals surface area contributed by atoms with E-state index in [0.717, 1.165) is 19.8 Å². The van der Waals surface area contributed by atoms with Crippen LogP contribution in [0.5, 0.6) is 0 Å². The molecule has 0 amide bonds. The zero-order valence-corrected chi connectivity index (χ0v) is 17.4. The molecule has 0 atom stereocenters. The van der Waals surface area contributed by atoms with E-state index in [9.17, 15) is 0 Å². The summed E-state index contributed by atoms with van der Waals surface area (Å²) in [6, 6.07) is 39.4. The van der Waals surface area contributed by atoms with E-state index in [0.29, 0.717) is 0 Å². The van der Waals surface area contributed by atoms with Gasteiger partial charge in [-0.15, -0.1) is 0 Å². The number of hydrogen-bond acceptors (Lipinski definition) is 2. The summed E-state index contributed by atoms with van der Waals surface area (Å²) in [4.78, 5) is 5.00. The van der Waals surface area contributed by atoms with Crippen LogP contribution >= 0.6 is 0 Å². The number of hydrogen-bond donors (Lipinski definition) is 0. The number of fused-ring (bicyclic) bond motifs is 3. The Balaban J connectivity index is 1.35. The van der Waals surface area contributed by atoms with Gasteiger partial charge in [0.2, 0.25) is 0 Å². The highest BCUT2D eigenvalue weighted by atomic mass is 15.4. The Labute approximate surface area is 183 Å². The third-order valence-electron chi connectivity index (χ3n) is 6.39. The molecule has 0 unspecified atom stereocenters. The molecule has 2 nitrogen and oxygen atoms in total. The normalized spacial score (nSPS) is 13.2. The van der Waals surface area contributed by atoms with Gasteiger partial charge in [-0.2, -0.15) is 0 Å². The Morgan fingerprint density at radius 2 is 0.871 bits per heavy atom. The number of benzene rings is 5. The maximum absolute atomic E-state index is 2.50. The van der Waals surface area contributed by atoms with Gasteiger partial charge in [0.05, 0.1) is 18.0 Å². The van der Waals surface area contributed by atoms with Crippen molar-refractivity contribution in [2.24, 2.45) is 0 Å². The third kappa shape index (κ3) is 3.21. The van der Waals surface area contributed by atoms with Gasteiger partial charge in [-0.05, 0) is 44.8 Å². The highest BCUT2D eigenvalue weighted by Crippen LogP contribution is 2.38. The summed E-state index contributed by atoms with van der Waals surface area (Å²) in [7, 11) is 0. The molecular weight excluding hydrogens is 376 g/mol. The number of anilines is 2. The molecule has 31 heavy (non-hydrogen) atoms. The van der Waals surface area contributed by atoms with Crippen LogP contribution in [-0.2, 0) is 13.1 Å². The van der Waals surface area contributed by atoms with Crippen molar-refractivity contribution in [1.29, 1.82) is 0 Å². The van der Waals surface area contributed by atoms with Gasteiger partial charge < -0.3 is 9.80 Å². The molecule has 5 aromatic carbocycles. The standard InChI is InChI=1S/C29H24N2/c1-3-15-26-22(9-1)11-7-13-24(26)19-30-21-31(29-18-6-5-17-28(29)30)20-25-14-8-12-23-10-2-4-16-27(23)25/h1-18H,19-21H2. The Hall–Kier alpha value is -3.78. The van der Waals surface area contributed by atoms with Gasteiger partial charge in [0, 0.05) is 13.1 Å². The van der Waals surface area contributed by atoms with Crippen molar-refractivity contribution in [2.45, 2.75) is 13.1 Å². The summed E-state index contributed by atoms with van der Waals surface area (Å²) >= 11 is 0. The van der Waals surface area contributed by atoms with Gasteiger partial charge >= 0.3 is 0 Å². The fourth-order valence-corrected chi connectivity index (χ4v) is 4.90. The topological polar surface area (TPSA) is 6.48 Å². The first kappa shape index (κ1) is 18.0.